The lowest BCUT2D eigenvalue weighted by Gasteiger charge is -2.40. The summed E-state index contributed by atoms with van der Waals surface area (Å²) in [4.78, 5) is 21.2. The summed E-state index contributed by atoms with van der Waals surface area (Å²) in [6.45, 7) is 5.82. The number of carbonyl (C=O) groups is 1. The zero-order chi connectivity index (χ0) is 22.1. The molecule has 2 aromatic heterocycles. The van der Waals surface area contributed by atoms with Crippen molar-refractivity contribution in [2.45, 2.75) is 57.5 Å². The summed E-state index contributed by atoms with van der Waals surface area (Å²) in [7, 11) is 1.59. The molecule has 2 atom stereocenters. The molecule has 3 rings (SSSR count). The number of fused-ring (bicyclic) bond motifs is 1. The van der Waals surface area contributed by atoms with E-state index in [9.17, 15) is 18.0 Å². The van der Waals surface area contributed by atoms with Gasteiger partial charge in [-0.05, 0) is 33.6 Å². The number of halogens is 3. The standard InChI is InChI=1S/C18H25F3N6O3/c1-17(2,3)30-16(28)22-9-11-7-12(29-4)5-6-26(11)14-8-13(18(19,20)21)25-15-23-10-24-27(14)15/h8,10-12H,5-7,9H2,1-4H3,(H,22,28)/t11-,12-/m0/s1. The number of ether oxygens (including phenoxy) is 2. The van der Waals surface area contributed by atoms with Gasteiger partial charge in [-0.15, -0.1) is 0 Å². The summed E-state index contributed by atoms with van der Waals surface area (Å²) >= 11 is 0. The summed E-state index contributed by atoms with van der Waals surface area (Å²) in [5.41, 5.74) is -1.71. The molecule has 0 saturated carbocycles. The average molecular weight is 430 g/mol. The van der Waals surface area contributed by atoms with Crippen LogP contribution in [0.15, 0.2) is 12.4 Å². The first-order chi connectivity index (χ1) is 14.0. The van der Waals surface area contributed by atoms with E-state index in [0.29, 0.717) is 19.4 Å². The Morgan fingerprint density at radius 3 is 2.70 bits per heavy atom. The van der Waals surface area contributed by atoms with E-state index in [1.54, 1.807) is 32.8 Å². The highest BCUT2D eigenvalue weighted by atomic mass is 19.4. The van der Waals surface area contributed by atoms with Gasteiger partial charge in [0.2, 0.25) is 0 Å². The largest absolute Gasteiger partial charge is 0.444 e. The van der Waals surface area contributed by atoms with Crippen LogP contribution in [0.25, 0.3) is 5.78 Å². The molecule has 0 bridgehead atoms. The van der Waals surface area contributed by atoms with Crippen LogP contribution in [0.3, 0.4) is 0 Å². The second-order valence-electron chi connectivity index (χ2n) is 8.08. The van der Waals surface area contributed by atoms with Gasteiger partial charge >= 0.3 is 12.3 Å². The van der Waals surface area contributed by atoms with Crippen LogP contribution in [0.1, 0.15) is 39.3 Å². The second-order valence-corrected chi connectivity index (χ2v) is 8.08. The number of carbonyl (C=O) groups excluding carboxylic acids is 1. The van der Waals surface area contributed by atoms with Gasteiger partial charge in [-0.2, -0.15) is 27.8 Å². The van der Waals surface area contributed by atoms with Crippen molar-refractivity contribution in [1.29, 1.82) is 0 Å². The number of nitrogens with zero attached hydrogens (tertiary/aromatic N) is 5. The van der Waals surface area contributed by atoms with Gasteiger partial charge in [-0.3, -0.25) is 0 Å². The molecule has 12 heteroatoms. The van der Waals surface area contributed by atoms with E-state index >= 15 is 0 Å². The molecule has 1 N–H and O–H groups in total. The summed E-state index contributed by atoms with van der Waals surface area (Å²) in [5.74, 6) is 0.0582. The molecule has 1 fully saturated rings. The van der Waals surface area contributed by atoms with E-state index in [-0.39, 0.29) is 30.3 Å². The number of methoxy groups -OCH3 is 1. The van der Waals surface area contributed by atoms with Crippen LogP contribution < -0.4 is 10.2 Å². The highest BCUT2D eigenvalue weighted by molar-refractivity contribution is 5.67. The molecule has 9 nitrogen and oxygen atoms in total. The van der Waals surface area contributed by atoms with Crippen LogP contribution in [0.2, 0.25) is 0 Å². The molecule has 2 aromatic rings. The number of aromatic nitrogens is 4. The molecule has 166 valence electrons. The Kier molecular flexibility index (Phi) is 6.06. The average Bonchev–Trinajstić information content (AvgIpc) is 3.12. The normalized spacial score (nSPS) is 20.4. The zero-order valence-corrected chi connectivity index (χ0v) is 17.2. The van der Waals surface area contributed by atoms with Crippen molar-refractivity contribution in [2.24, 2.45) is 0 Å². The first-order valence-corrected chi connectivity index (χ1v) is 9.52. The van der Waals surface area contributed by atoms with Crippen molar-refractivity contribution in [3.63, 3.8) is 0 Å². The maximum absolute atomic E-state index is 13.4. The van der Waals surface area contributed by atoms with Crippen LogP contribution >= 0.6 is 0 Å². The topological polar surface area (TPSA) is 93.9 Å². The molecular formula is C18H25F3N6O3. The van der Waals surface area contributed by atoms with Gasteiger partial charge in [0.1, 0.15) is 17.7 Å². The Bertz CT molecular complexity index is 895. The summed E-state index contributed by atoms with van der Waals surface area (Å²) in [6, 6.07) is 0.613. The molecule has 0 unspecified atom stereocenters. The Morgan fingerprint density at radius 1 is 1.33 bits per heavy atom. The lowest BCUT2D eigenvalue weighted by Crippen LogP contribution is -2.51. The number of hydrogen-bond donors (Lipinski definition) is 1. The van der Waals surface area contributed by atoms with Gasteiger partial charge in [0.15, 0.2) is 5.69 Å². The number of piperidine rings is 1. The summed E-state index contributed by atoms with van der Waals surface area (Å²) in [6.07, 6.45) is -3.04. The molecule has 1 aliphatic rings. The van der Waals surface area contributed by atoms with Crippen LogP contribution in [0.5, 0.6) is 0 Å². The lowest BCUT2D eigenvalue weighted by atomic mass is 9.99. The minimum absolute atomic E-state index is 0.0816. The third kappa shape index (κ3) is 5.10. The summed E-state index contributed by atoms with van der Waals surface area (Å²) < 4.78 is 52.1. The van der Waals surface area contributed by atoms with Crippen LogP contribution in [0, 0.1) is 0 Å². The molecule has 0 aliphatic carbocycles. The summed E-state index contributed by atoms with van der Waals surface area (Å²) in [5, 5.41) is 6.72. The molecule has 0 spiro atoms. The predicted molar refractivity (Wildman–Crippen MR) is 101 cm³/mol. The van der Waals surface area contributed by atoms with E-state index in [4.69, 9.17) is 9.47 Å². The fourth-order valence-electron chi connectivity index (χ4n) is 3.39. The predicted octanol–water partition coefficient (Wildman–Crippen LogP) is 2.65. The van der Waals surface area contributed by atoms with Crippen molar-refractivity contribution in [2.75, 3.05) is 25.1 Å². The Morgan fingerprint density at radius 2 is 2.07 bits per heavy atom. The number of alkyl halides is 3. The molecule has 1 aliphatic heterocycles. The highest BCUT2D eigenvalue weighted by Crippen LogP contribution is 2.33. The highest BCUT2D eigenvalue weighted by Gasteiger charge is 2.37. The zero-order valence-electron chi connectivity index (χ0n) is 17.2. The number of alkyl carbamates (subject to hydrolysis) is 1. The van der Waals surface area contributed by atoms with Crippen molar-refractivity contribution in [3.05, 3.63) is 18.1 Å². The smallest absolute Gasteiger partial charge is 0.433 e. The third-order valence-electron chi connectivity index (χ3n) is 4.70. The Balaban J connectivity index is 1.90. The Hall–Kier alpha value is -2.63. The number of rotatable bonds is 4. The second kappa shape index (κ2) is 8.25. The quantitative estimate of drug-likeness (QED) is 0.797. The van der Waals surface area contributed by atoms with Gasteiger partial charge < -0.3 is 19.7 Å². The van der Waals surface area contributed by atoms with Gasteiger partial charge in [-0.25, -0.2) is 9.78 Å². The van der Waals surface area contributed by atoms with Gasteiger partial charge in [0.05, 0.1) is 12.1 Å². The minimum Gasteiger partial charge on any atom is -0.444 e. The van der Waals surface area contributed by atoms with E-state index in [2.05, 4.69) is 20.4 Å². The van der Waals surface area contributed by atoms with Crippen molar-refractivity contribution < 1.29 is 27.4 Å². The molecule has 0 aromatic carbocycles. The number of amides is 1. The monoisotopic (exact) mass is 430 g/mol. The molecule has 30 heavy (non-hydrogen) atoms. The fraction of sp³-hybridized carbons (Fsp3) is 0.667. The number of nitrogens with one attached hydrogen (secondary N) is 1. The van der Waals surface area contributed by atoms with Crippen molar-refractivity contribution in [1.82, 2.24) is 24.9 Å². The van der Waals surface area contributed by atoms with Gasteiger partial charge in [-0.1, -0.05) is 0 Å². The maximum Gasteiger partial charge on any atom is 0.433 e. The Labute approximate surface area is 171 Å². The molecule has 1 amide bonds. The van der Waals surface area contributed by atoms with Crippen LogP contribution in [-0.2, 0) is 15.7 Å². The number of hydrogen-bond acceptors (Lipinski definition) is 7. The third-order valence-corrected chi connectivity index (χ3v) is 4.70. The first kappa shape index (κ1) is 22.1. The molecule has 3 heterocycles. The van der Waals surface area contributed by atoms with Crippen LogP contribution in [0.4, 0.5) is 23.8 Å². The molecular weight excluding hydrogens is 405 g/mol. The van der Waals surface area contributed by atoms with E-state index < -0.39 is 23.6 Å². The van der Waals surface area contributed by atoms with Crippen molar-refractivity contribution >= 4 is 17.7 Å². The molecule has 1 saturated heterocycles. The molecule has 0 radical (unpaired) electrons. The number of anilines is 1. The maximum atomic E-state index is 13.4. The van der Waals surface area contributed by atoms with E-state index in [0.717, 1.165) is 12.4 Å². The first-order valence-electron chi connectivity index (χ1n) is 9.52. The van der Waals surface area contributed by atoms with E-state index in [1.807, 2.05) is 0 Å². The van der Waals surface area contributed by atoms with E-state index in [1.165, 1.54) is 4.52 Å². The fourth-order valence-corrected chi connectivity index (χ4v) is 3.39. The SMILES string of the molecule is CO[C@H]1CCN(c2cc(C(F)(F)F)nc3ncnn23)[C@H](CNC(=O)OC(C)(C)C)C1. The van der Waals surface area contributed by atoms with Gasteiger partial charge in [0.25, 0.3) is 5.78 Å². The minimum atomic E-state index is -4.63. The van der Waals surface area contributed by atoms with Crippen molar-refractivity contribution in [3.8, 4) is 0 Å². The van der Waals surface area contributed by atoms with Gasteiger partial charge in [0, 0.05) is 26.3 Å². The van der Waals surface area contributed by atoms with Crippen LogP contribution in [-0.4, -0.2) is 63.6 Å². The lowest BCUT2D eigenvalue weighted by molar-refractivity contribution is -0.141.